The van der Waals surface area contributed by atoms with Gasteiger partial charge in [0.15, 0.2) is 0 Å². The lowest BCUT2D eigenvalue weighted by Crippen LogP contribution is -2.14. The molecule has 0 bridgehead atoms. The van der Waals surface area contributed by atoms with Crippen LogP contribution in [-0.2, 0) is 24.1 Å². The smallest absolute Gasteiger partial charge is 0.228 e. The maximum atomic E-state index is 12.7. The van der Waals surface area contributed by atoms with Gasteiger partial charge < -0.3 is 9.73 Å². The van der Waals surface area contributed by atoms with Gasteiger partial charge in [-0.15, -0.1) is 5.10 Å². The molecular formula is C21H19N5O2S. The van der Waals surface area contributed by atoms with Crippen LogP contribution < -0.4 is 5.32 Å². The molecule has 0 saturated heterocycles. The third-order valence-electron chi connectivity index (χ3n) is 5.22. The molecule has 2 aromatic heterocycles. The van der Waals surface area contributed by atoms with Gasteiger partial charge in [-0.05, 0) is 77.4 Å². The number of furan rings is 1. The standard InChI is InChI=1S/C21H19N5O2S/c1-29-21-23-24-25-26(21)17-7-3-6-16(11-17)22-20(27)10-15-12-28-19-9-14-5-2-4-13(14)8-18(15)19/h3,6-9,11-12H,2,4-5,10H2,1H3,(H,22,27). The second-order valence-corrected chi connectivity index (χ2v) is 7.86. The SMILES string of the molecule is CSc1nnnn1-c1cccc(NC(=O)Cc2coc3cc4c(cc23)CCC4)c1. The Balaban J connectivity index is 1.35. The van der Waals surface area contributed by atoms with Crippen LogP contribution in [0.2, 0.25) is 0 Å². The molecule has 1 N–H and O–H groups in total. The number of aromatic nitrogens is 4. The van der Waals surface area contributed by atoms with Gasteiger partial charge in [-0.3, -0.25) is 4.79 Å². The van der Waals surface area contributed by atoms with Gasteiger partial charge in [-0.1, -0.05) is 17.8 Å². The highest BCUT2D eigenvalue weighted by molar-refractivity contribution is 7.98. The highest BCUT2D eigenvalue weighted by Crippen LogP contribution is 2.30. The summed E-state index contributed by atoms with van der Waals surface area (Å²) < 4.78 is 7.35. The molecule has 1 amide bonds. The maximum Gasteiger partial charge on any atom is 0.228 e. The molecule has 0 spiro atoms. The number of anilines is 1. The minimum absolute atomic E-state index is 0.0906. The van der Waals surface area contributed by atoms with E-state index in [-0.39, 0.29) is 12.3 Å². The number of aryl methyl sites for hydroxylation is 2. The lowest BCUT2D eigenvalue weighted by atomic mass is 10.0. The van der Waals surface area contributed by atoms with E-state index in [1.807, 2.05) is 30.5 Å². The van der Waals surface area contributed by atoms with Crippen LogP contribution in [0.1, 0.15) is 23.1 Å². The van der Waals surface area contributed by atoms with E-state index in [1.165, 1.54) is 29.3 Å². The Bertz CT molecular complexity index is 1210. The Labute approximate surface area is 171 Å². The molecule has 29 heavy (non-hydrogen) atoms. The van der Waals surface area contributed by atoms with Crippen LogP contribution in [0.25, 0.3) is 16.7 Å². The number of benzene rings is 2. The van der Waals surface area contributed by atoms with E-state index in [4.69, 9.17) is 4.42 Å². The van der Waals surface area contributed by atoms with Gasteiger partial charge >= 0.3 is 0 Å². The second-order valence-electron chi connectivity index (χ2n) is 7.08. The molecule has 2 aromatic carbocycles. The van der Waals surface area contributed by atoms with Crippen LogP contribution in [0.3, 0.4) is 0 Å². The maximum absolute atomic E-state index is 12.7. The molecular weight excluding hydrogens is 386 g/mol. The van der Waals surface area contributed by atoms with E-state index in [9.17, 15) is 4.79 Å². The zero-order valence-electron chi connectivity index (χ0n) is 15.9. The van der Waals surface area contributed by atoms with Crippen molar-refractivity contribution in [2.45, 2.75) is 30.8 Å². The molecule has 0 radical (unpaired) electrons. The predicted molar refractivity (Wildman–Crippen MR) is 112 cm³/mol. The van der Waals surface area contributed by atoms with Crippen LogP contribution in [0, 0.1) is 0 Å². The number of thioether (sulfide) groups is 1. The number of hydrogen-bond donors (Lipinski definition) is 1. The summed E-state index contributed by atoms with van der Waals surface area (Å²) in [5.74, 6) is -0.0906. The van der Waals surface area contributed by atoms with Gasteiger partial charge in [0.2, 0.25) is 11.1 Å². The zero-order valence-corrected chi connectivity index (χ0v) is 16.7. The number of nitrogens with zero attached hydrogens (tertiary/aromatic N) is 4. The molecule has 0 unspecified atom stereocenters. The average Bonchev–Trinajstić information content (AvgIpc) is 3.46. The summed E-state index contributed by atoms with van der Waals surface area (Å²) in [6.45, 7) is 0. The van der Waals surface area contributed by atoms with E-state index < -0.39 is 0 Å². The molecule has 1 aliphatic rings. The van der Waals surface area contributed by atoms with Crippen molar-refractivity contribution in [1.82, 2.24) is 20.2 Å². The molecule has 0 aliphatic heterocycles. The number of rotatable bonds is 5. The zero-order chi connectivity index (χ0) is 19.8. The van der Waals surface area contributed by atoms with Crippen molar-refractivity contribution in [1.29, 1.82) is 0 Å². The van der Waals surface area contributed by atoms with Crippen LogP contribution in [0.4, 0.5) is 5.69 Å². The Morgan fingerprint density at radius 1 is 1.24 bits per heavy atom. The monoisotopic (exact) mass is 405 g/mol. The first-order chi connectivity index (χ1) is 14.2. The molecule has 4 aromatic rings. The number of carbonyl (C=O) groups excluding carboxylic acids is 1. The first-order valence-corrected chi connectivity index (χ1v) is 10.7. The molecule has 0 fully saturated rings. The Morgan fingerprint density at radius 3 is 2.97 bits per heavy atom. The number of amides is 1. The summed E-state index contributed by atoms with van der Waals surface area (Å²) in [7, 11) is 0. The molecule has 146 valence electrons. The van der Waals surface area contributed by atoms with Crippen molar-refractivity contribution in [3.05, 3.63) is 59.4 Å². The lowest BCUT2D eigenvalue weighted by molar-refractivity contribution is -0.115. The van der Waals surface area contributed by atoms with Crippen molar-refractivity contribution in [2.24, 2.45) is 0 Å². The number of fused-ring (bicyclic) bond motifs is 2. The van der Waals surface area contributed by atoms with Gasteiger partial charge in [-0.25, -0.2) is 0 Å². The third-order valence-corrected chi connectivity index (χ3v) is 5.84. The first-order valence-electron chi connectivity index (χ1n) is 9.46. The molecule has 0 saturated carbocycles. The summed E-state index contributed by atoms with van der Waals surface area (Å²) in [4.78, 5) is 12.7. The summed E-state index contributed by atoms with van der Waals surface area (Å²) >= 11 is 1.46. The summed E-state index contributed by atoms with van der Waals surface area (Å²) in [6.07, 6.45) is 7.27. The molecule has 8 heteroatoms. The van der Waals surface area contributed by atoms with E-state index in [0.29, 0.717) is 10.8 Å². The fraction of sp³-hybridized carbons (Fsp3) is 0.238. The fourth-order valence-corrected chi connectivity index (χ4v) is 4.28. The highest BCUT2D eigenvalue weighted by Gasteiger charge is 2.17. The fourth-order valence-electron chi connectivity index (χ4n) is 3.85. The molecule has 2 heterocycles. The third kappa shape index (κ3) is 3.40. The van der Waals surface area contributed by atoms with Crippen molar-refractivity contribution in [2.75, 3.05) is 11.6 Å². The van der Waals surface area contributed by atoms with Gasteiger partial charge in [-0.2, -0.15) is 4.68 Å². The minimum Gasteiger partial charge on any atom is -0.464 e. The van der Waals surface area contributed by atoms with Gasteiger partial charge in [0.25, 0.3) is 0 Å². The van der Waals surface area contributed by atoms with Crippen molar-refractivity contribution in [3.63, 3.8) is 0 Å². The Morgan fingerprint density at radius 2 is 2.10 bits per heavy atom. The van der Waals surface area contributed by atoms with Crippen molar-refractivity contribution < 1.29 is 9.21 Å². The van der Waals surface area contributed by atoms with E-state index in [1.54, 1.807) is 10.9 Å². The Kier molecular flexibility index (Phi) is 4.55. The van der Waals surface area contributed by atoms with Crippen LogP contribution in [0.5, 0.6) is 0 Å². The largest absolute Gasteiger partial charge is 0.464 e. The Hall–Kier alpha value is -3.13. The normalized spacial score (nSPS) is 13.0. The van der Waals surface area contributed by atoms with E-state index >= 15 is 0 Å². The molecule has 1 aliphatic carbocycles. The summed E-state index contributed by atoms with van der Waals surface area (Å²) in [5.41, 5.74) is 6.00. The van der Waals surface area contributed by atoms with Gasteiger partial charge in [0, 0.05) is 16.6 Å². The quantitative estimate of drug-likeness (QED) is 0.508. The van der Waals surface area contributed by atoms with Gasteiger partial charge in [0.1, 0.15) is 5.58 Å². The number of nitrogens with one attached hydrogen (secondary N) is 1. The van der Waals surface area contributed by atoms with Crippen LogP contribution in [-0.4, -0.2) is 32.4 Å². The number of tetrazole rings is 1. The first kappa shape index (κ1) is 17.9. The predicted octanol–water partition coefficient (Wildman–Crippen LogP) is 3.80. The minimum atomic E-state index is -0.0906. The van der Waals surface area contributed by atoms with E-state index in [2.05, 4.69) is 33.0 Å². The highest BCUT2D eigenvalue weighted by atomic mass is 32.2. The van der Waals surface area contributed by atoms with Gasteiger partial charge in [0.05, 0.1) is 18.4 Å². The lowest BCUT2D eigenvalue weighted by Gasteiger charge is -2.08. The van der Waals surface area contributed by atoms with Crippen molar-refractivity contribution >= 4 is 34.3 Å². The summed E-state index contributed by atoms with van der Waals surface area (Å²) in [6, 6.07) is 11.8. The molecule has 0 atom stereocenters. The molecule has 5 rings (SSSR count). The topological polar surface area (TPSA) is 85.8 Å². The second kappa shape index (κ2) is 7.36. The van der Waals surface area contributed by atoms with E-state index in [0.717, 1.165) is 35.1 Å². The average molecular weight is 405 g/mol. The van der Waals surface area contributed by atoms with Crippen LogP contribution >= 0.6 is 11.8 Å². The molecule has 7 nitrogen and oxygen atoms in total. The number of carbonyl (C=O) groups is 1. The number of hydrogen-bond acceptors (Lipinski definition) is 6. The van der Waals surface area contributed by atoms with Crippen molar-refractivity contribution in [3.8, 4) is 5.69 Å². The van der Waals surface area contributed by atoms with Crippen LogP contribution in [0.15, 0.2) is 52.2 Å². The summed E-state index contributed by atoms with van der Waals surface area (Å²) in [5, 5.41) is 16.4.